The van der Waals surface area contributed by atoms with Gasteiger partial charge in [-0.3, -0.25) is 19.7 Å². The summed E-state index contributed by atoms with van der Waals surface area (Å²) < 4.78 is 0. The number of nitrogens with zero attached hydrogens (tertiary/aromatic N) is 5. The molecule has 1 unspecified atom stereocenters. The largest absolute Gasteiger partial charge is 0.384 e. The van der Waals surface area contributed by atoms with Crippen LogP contribution in [0.3, 0.4) is 0 Å². The number of amides is 1. The smallest absolute Gasteiger partial charge is 0.225 e. The summed E-state index contributed by atoms with van der Waals surface area (Å²) in [5, 5.41) is 12.0. The number of piperidine rings is 2. The molecule has 1 atom stereocenters. The van der Waals surface area contributed by atoms with Crippen molar-refractivity contribution in [1.82, 2.24) is 24.8 Å². The molecule has 3 aromatic rings. The molecular weight excluding hydrogens is 464 g/mol. The Bertz CT molecular complexity index is 1160. The first-order chi connectivity index (χ1) is 18.0. The fourth-order valence-electron chi connectivity index (χ4n) is 5.87. The second-order valence-electron chi connectivity index (χ2n) is 10.4. The zero-order chi connectivity index (χ0) is 25.7. The number of aromatic nitrogens is 3. The number of carbonyl (C=O) groups is 1. The molecule has 3 aromatic heterocycles. The Morgan fingerprint density at radius 3 is 2.30 bits per heavy atom. The average molecular weight is 501 g/mol. The molecule has 5 rings (SSSR count). The maximum Gasteiger partial charge on any atom is 0.225 e. The van der Waals surface area contributed by atoms with Gasteiger partial charge in [-0.2, -0.15) is 0 Å². The van der Waals surface area contributed by atoms with Gasteiger partial charge < -0.3 is 15.7 Å². The maximum atomic E-state index is 13.4. The van der Waals surface area contributed by atoms with Crippen LogP contribution in [0.4, 0.5) is 5.82 Å². The zero-order valence-electron chi connectivity index (χ0n) is 21.2. The summed E-state index contributed by atoms with van der Waals surface area (Å²) in [6.07, 6.45) is 8.87. The molecule has 8 heteroatoms. The van der Waals surface area contributed by atoms with Crippen molar-refractivity contribution in [3.05, 3.63) is 84.1 Å². The van der Waals surface area contributed by atoms with E-state index < -0.39 is 5.60 Å². The quantitative estimate of drug-likeness (QED) is 0.513. The van der Waals surface area contributed by atoms with Crippen LogP contribution >= 0.6 is 0 Å². The molecular formula is C29H36N6O2. The first-order valence-electron chi connectivity index (χ1n) is 13.3. The Morgan fingerprint density at radius 1 is 0.919 bits per heavy atom. The molecule has 37 heavy (non-hydrogen) atoms. The SMILES string of the molecule is Nc1cc(CN2CCC(C(=O)N3CCC(C(O)(Cc4ccccn4)c4ccccn4)CC3)CC2)ccn1. The molecule has 2 aliphatic heterocycles. The Kier molecular flexibility index (Phi) is 7.76. The minimum absolute atomic E-state index is 0.00287. The molecule has 1 amide bonds. The molecule has 0 bridgehead atoms. The van der Waals surface area contributed by atoms with Gasteiger partial charge in [0, 0.05) is 56.3 Å². The van der Waals surface area contributed by atoms with Gasteiger partial charge in [0.25, 0.3) is 0 Å². The number of carbonyl (C=O) groups excluding carboxylic acids is 1. The summed E-state index contributed by atoms with van der Waals surface area (Å²) >= 11 is 0. The van der Waals surface area contributed by atoms with Crippen molar-refractivity contribution in [3.8, 4) is 0 Å². The van der Waals surface area contributed by atoms with Crippen LogP contribution in [0.15, 0.2) is 67.1 Å². The van der Waals surface area contributed by atoms with E-state index in [4.69, 9.17) is 5.73 Å². The van der Waals surface area contributed by atoms with Crippen molar-refractivity contribution in [2.24, 2.45) is 11.8 Å². The van der Waals surface area contributed by atoms with Gasteiger partial charge in [-0.1, -0.05) is 12.1 Å². The van der Waals surface area contributed by atoms with Crippen molar-refractivity contribution in [1.29, 1.82) is 0 Å². The zero-order valence-corrected chi connectivity index (χ0v) is 21.2. The van der Waals surface area contributed by atoms with Crippen LogP contribution in [0.1, 0.15) is 42.6 Å². The fraction of sp³-hybridized carbons (Fsp3) is 0.448. The number of nitrogen functional groups attached to an aromatic ring is 1. The van der Waals surface area contributed by atoms with Crippen molar-refractivity contribution >= 4 is 11.7 Å². The van der Waals surface area contributed by atoms with Gasteiger partial charge in [-0.05, 0) is 86.7 Å². The summed E-state index contributed by atoms with van der Waals surface area (Å²) in [5.74, 6) is 0.875. The Labute approximate surface area is 218 Å². The molecule has 2 aliphatic rings. The van der Waals surface area contributed by atoms with E-state index >= 15 is 0 Å². The van der Waals surface area contributed by atoms with E-state index in [2.05, 4.69) is 19.9 Å². The molecule has 5 heterocycles. The summed E-state index contributed by atoms with van der Waals surface area (Å²) in [6, 6.07) is 15.4. The molecule has 8 nitrogen and oxygen atoms in total. The third kappa shape index (κ3) is 5.97. The fourth-order valence-corrected chi connectivity index (χ4v) is 5.87. The summed E-state index contributed by atoms with van der Waals surface area (Å²) in [7, 11) is 0. The number of likely N-dealkylation sites (tertiary alicyclic amines) is 2. The number of hydrogen-bond donors (Lipinski definition) is 2. The first-order valence-corrected chi connectivity index (χ1v) is 13.3. The monoisotopic (exact) mass is 500 g/mol. The van der Waals surface area contributed by atoms with E-state index in [0.29, 0.717) is 31.0 Å². The normalized spacial score (nSPS) is 19.4. The molecule has 2 fully saturated rings. The van der Waals surface area contributed by atoms with E-state index in [1.54, 1.807) is 18.6 Å². The first kappa shape index (κ1) is 25.3. The lowest BCUT2D eigenvalue weighted by molar-refractivity contribution is -0.140. The highest BCUT2D eigenvalue weighted by Crippen LogP contribution is 2.38. The topological polar surface area (TPSA) is 108 Å². The van der Waals surface area contributed by atoms with Crippen LogP contribution < -0.4 is 5.73 Å². The lowest BCUT2D eigenvalue weighted by Crippen LogP contribution is -2.49. The number of hydrogen-bond acceptors (Lipinski definition) is 7. The second kappa shape index (κ2) is 11.4. The standard InChI is InChI=1S/C29H36N6O2/c30-27-19-22(7-14-33-27)21-34-15-8-23(9-16-34)28(36)35-17-10-24(11-18-35)29(37,26-6-2-4-13-32-26)20-25-5-1-3-12-31-25/h1-7,12-14,19,23-24,37H,8-11,15-18,20-21H2,(H2,30,33). The molecule has 0 radical (unpaired) electrons. The second-order valence-corrected chi connectivity index (χ2v) is 10.4. The van der Waals surface area contributed by atoms with E-state index in [1.807, 2.05) is 53.4 Å². The molecule has 2 saturated heterocycles. The third-order valence-electron chi connectivity index (χ3n) is 7.96. The van der Waals surface area contributed by atoms with Gasteiger partial charge in [-0.25, -0.2) is 4.98 Å². The van der Waals surface area contributed by atoms with Crippen molar-refractivity contribution in [2.75, 3.05) is 31.9 Å². The number of aliphatic hydroxyl groups is 1. The van der Waals surface area contributed by atoms with Crippen molar-refractivity contribution in [2.45, 2.75) is 44.2 Å². The summed E-state index contributed by atoms with van der Waals surface area (Å²) in [5.41, 5.74) is 7.37. The highest BCUT2D eigenvalue weighted by Gasteiger charge is 2.43. The van der Waals surface area contributed by atoms with Crippen LogP contribution in [0.5, 0.6) is 0 Å². The highest BCUT2D eigenvalue weighted by atomic mass is 16.3. The lowest BCUT2D eigenvalue weighted by Gasteiger charge is -2.42. The number of nitrogens with two attached hydrogens (primary N) is 1. The predicted octanol–water partition coefficient (Wildman–Crippen LogP) is 3.03. The van der Waals surface area contributed by atoms with Crippen LogP contribution in [0, 0.1) is 11.8 Å². The minimum atomic E-state index is -1.12. The maximum absolute atomic E-state index is 13.4. The van der Waals surface area contributed by atoms with Crippen LogP contribution in [-0.2, 0) is 23.4 Å². The Hall–Kier alpha value is -3.36. The number of anilines is 1. The van der Waals surface area contributed by atoms with Gasteiger partial charge in [0.1, 0.15) is 11.4 Å². The summed E-state index contributed by atoms with van der Waals surface area (Å²) in [4.78, 5) is 30.8. The van der Waals surface area contributed by atoms with Crippen molar-refractivity contribution in [3.63, 3.8) is 0 Å². The van der Waals surface area contributed by atoms with Gasteiger partial charge in [-0.15, -0.1) is 0 Å². The van der Waals surface area contributed by atoms with Gasteiger partial charge in [0.2, 0.25) is 5.91 Å². The molecule has 0 aromatic carbocycles. The molecule has 3 N–H and O–H groups in total. The van der Waals surface area contributed by atoms with E-state index in [-0.39, 0.29) is 17.7 Å². The van der Waals surface area contributed by atoms with Crippen LogP contribution in [0.25, 0.3) is 0 Å². The molecule has 194 valence electrons. The molecule has 0 spiro atoms. The summed E-state index contributed by atoms with van der Waals surface area (Å²) in [6.45, 7) is 3.97. The Morgan fingerprint density at radius 2 is 1.65 bits per heavy atom. The Balaban J connectivity index is 1.18. The number of rotatable bonds is 7. The van der Waals surface area contributed by atoms with Crippen LogP contribution in [0.2, 0.25) is 0 Å². The van der Waals surface area contributed by atoms with Gasteiger partial charge in [0.05, 0.1) is 5.69 Å². The van der Waals surface area contributed by atoms with Gasteiger partial charge in [0.15, 0.2) is 0 Å². The van der Waals surface area contributed by atoms with Crippen LogP contribution in [-0.4, -0.2) is 61.9 Å². The van der Waals surface area contributed by atoms with E-state index in [1.165, 1.54) is 0 Å². The van der Waals surface area contributed by atoms with Crippen molar-refractivity contribution < 1.29 is 9.90 Å². The van der Waals surface area contributed by atoms with Gasteiger partial charge >= 0.3 is 0 Å². The predicted molar refractivity (Wildman–Crippen MR) is 142 cm³/mol. The van der Waals surface area contributed by atoms with E-state index in [0.717, 1.165) is 56.6 Å². The lowest BCUT2D eigenvalue weighted by atomic mass is 9.75. The number of pyridine rings is 3. The average Bonchev–Trinajstić information content (AvgIpc) is 2.94. The molecule has 0 saturated carbocycles. The molecule has 0 aliphatic carbocycles. The highest BCUT2D eigenvalue weighted by molar-refractivity contribution is 5.79. The minimum Gasteiger partial charge on any atom is -0.384 e. The third-order valence-corrected chi connectivity index (χ3v) is 7.96. The van der Waals surface area contributed by atoms with E-state index in [9.17, 15) is 9.90 Å².